The van der Waals surface area contributed by atoms with Crippen molar-refractivity contribution < 1.29 is 19.1 Å². The van der Waals surface area contributed by atoms with Crippen molar-refractivity contribution in [1.29, 1.82) is 0 Å². The first-order valence-corrected chi connectivity index (χ1v) is 8.56. The summed E-state index contributed by atoms with van der Waals surface area (Å²) in [5, 5.41) is 2.79. The molecule has 1 aromatic carbocycles. The Hall–Kier alpha value is -3.29. The predicted octanol–water partition coefficient (Wildman–Crippen LogP) is 2.12. The number of benzene rings is 1. The first-order valence-electron chi connectivity index (χ1n) is 8.56. The first-order chi connectivity index (χ1) is 12.9. The Bertz CT molecular complexity index is 868. The molecule has 3 amide bonds. The minimum atomic E-state index is -0.314. The zero-order chi connectivity index (χ0) is 19.6. The molecule has 0 radical (unpaired) electrons. The number of imide groups is 1. The fourth-order valence-electron chi connectivity index (χ4n) is 3.00. The molecule has 27 heavy (non-hydrogen) atoms. The van der Waals surface area contributed by atoms with Crippen molar-refractivity contribution in [3.05, 3.63) is 46.8 Å². The van der Waals surface area contributed by atoms with Gasteiger partial charge in [0, 0.05) is 13.0 Å². The number of aryl methyl sites for hydroxylation is 2. The van der Waals surface area contributed by atoms with Gasteiger partial charge in [-0.3, -0.25) is 19.3 Å². The monoisotopic (exact) mass is 368 g/mol. The average molecular weight is 368 g/mol. The highest BCUT2D eigenvalue weighted by Crippen LogP contribution is 2.23. The number of ether oxygens (including phenoxy) is 1. The van der Waals surface area contributed by atoms with Crippen LogP contribution in [0, 0.1) is 13.8 Å². The summed E-state index contributed by atoms with van der Waals surface area (Å²) in [5.74, 6) is -0.857. The van der Waals surface area contributed by atoms with Gasteiger partial charge in [0.05, 0.1) is 35.3 Å². The van der Waals surface area contributed by atoms with Crippen LogP contribution in [0.2, 0.25) is 0 Å². The van der Waals surface area contributed by atoms with E-state index in [1.54, 1.807) is 38.1 Å². The molecule has 8 nitrogen and oxygen atoms in total. The molecule has 2 heterocycles. The lowest BCUT2D eigenvalue weighted by Gasteiger charge is -2.14. The highest BCUT2D eigenvalue weighted by atomic mass is 16.5. The molecule has 0 spiro atoms. The molecule has 0 saturated heterocycles. The molecule has 140 valence electrons. The van der Waals surface area contributed by atoms with Crippen LogP contribution in [-0.2, 0) is 4.79 Å². The zero-order valence-electron chi connectivity index (χ0n) is 15.4. The summed E-state index contributed by atoms with van der Waals surface area (Å²) in [7, 11) is 1.48. The number of fused-ring (bicyclic) bond motifs is 1. The van der Waals surface area contributed by atoms with Gasteiger partial charge in [-0.2, -0.15) is 9.97 Å². The third-order valence-corrected chi connectivity index (χ3v) is 4.36. The smallest absolute Gasteiger partial charge is 0.316 e. The predicted molar refractivity (Wildman–Crippen MR) is 97.7 cm³/mol. The maximum Gasteiger partial charge on any atom is 0.316 e. The van der Waals surface area contributed by atoms with Gasteiger partial charge in [0.2, 0.25) is 5.91 Å². The second-order valence-electron chi connectivity index (χ2n) is 6.22. The number of carbonyl (C=O) groups is 3. The summed E-state index contributed by atoms with van der Waals surface area (Å²) in [5.41, 5.74) is 2.57. The van der Waals surface area contributed by atoms with E-state index < -0.39 is 0 Å². The molecule has 0 unspecified atom stereocenters. The SMILES string of the molecule is COc1nc(C)c(NC(=O)CCCN2C(=O)c3ccccc3C2=O)c(C)n1. The summed E-state index contributed by atoms with van der Waals surface area (Å²) >= 11 is 0. The zero-order valence-corrected chi connectivity index (χ0v) is 15.4. The quantitative estimate of drug-likeness (QED) is 0.784. The Morgan fingerprint density at radius 1 is 1.07 bits per heavy atom. The van der Waals surface area contributed by atoms with Crippen molar-refractivity contribution in [3.8, 4) is 6.01 Å². The van der Waals surface area contributed by atoms with Gasteiger partial charge in [0.1, 0.15) is 0 Å². The molecule has 1 N–H and O–H groups in total. The molecule has 0 bridgehead atoms. The number of hydrogen-bond donors (Lipinski definition) is 1. The molecule has 0 atom stereocenters. The third kappa shape index (κ3) is 3.64. The van der Waals surface area contributed by atoms with E-state index in [2.05, 4.69) is 15.3 Å². The van der Waals surface area contributed by atoms with E-state index in [0.717, 1.165) is 0 Å². The number of nitrogens with zero attached hydrogens (tertiary/aromatic N) is 3. The van der Waals surface area contributed by atoms with Crippen LogP contribution in [0.4, 0.5) is 5.69 Å². The van der Waals surface area contributed by atoms with Crippen LogP contribution in [0.5, 0.6) is 6.01 Å². The minimum Gasteiger partial charge on any atom is -0.467 e. The van der Waals surface area contributed by atoms with Crippen molar-refractivity contribution >= 4 is 23.4 Å². The number of anilines is 1. The Balaban J connectivity index is 1.57. The average Bonchev–Trinajstić information content (AvgIpc) is 2.89. The van der Waals surface area contributed by atoms with Gasteiger partial charge in [-0.05, 0) is 32.4 Å². The van der Waals surface area contributed by atoms with Gasteiger partial charge in [-0.15, -0.1) is 0 Å². The maximum atomic E-state index is 12.3. The number of aromatic nitrogens is 2. The number of nitrogens with one attached hydrogen (secondary N) is 1. The highest BCUT2D eigenvalue weighted by molar-refractivity contribution is 6.21. The molecule has 0 fully saturated rings. The van der Waals surface area contributed by atoms with E-state index in [4.69, 9.17) is 4.74 Å². The summed E-state index contributed by atoms with van der Waals surface area (Å²) in [4.78, 5) is 46.3. The lowest BCUT2D eigenvalue weighted by molar-refractivity contribution is -0.116. The van der Waals surface area contributed by atoms with Crippen LogP contribution in [0.25, 0.3) is 0 Å². The standard InChI is InChI=1S/C19H20N4O4/c1-11-16(12(2)21-19(20-11)27-3)22-15(24)9-6-10-23-17(25)13-7-4-5-8-14(13)18(23)26/h4-5,7-8H,6,9-10H2,1-3H3,(H,22,24). The Morgan fingerprint density at radius 3 is 2.15 bits per heavy atom. The van der Waals surface area contributed by atoms with Crippen LogP contribution in [0.15, 0.2) is 24.3 Å². The van der Waals surface area contributed by atoms with E-state index in [9.17, 15) is 14.4 Å². The lowest BCUT2D eigenvalue weighted by Crippen LogP contribution is -2.31. The molecule has 0 saturated carbocycles. The number of rotatable bonds is 6. The van der Waals surface area contributed by atoms with E-state index in [1.165, 1.54) is 12.0 Å². The third-order valence-electron chi connectivity index (χ3n) is 4.36. The summed E-state index contributed by atoms with van der Waals surface area (Å²) in [6, 6.07) is 6.97. The molecule has 2 aromatic rings. The normalized spacial score (nSPS) is 12.9. The number of amides is 3. The molecule has 1 aliphatic heterocycles. The van der Waals surface area contributed by atoms with Crippen LogP contribution < -0.4 is 10.1 Å². The van der Waals surface area contributed by atoms with Crippen molar-refractivity contribution in [2.75, 3.05) is 19.0 Å². The second-order valence-corrected chi connectivity index (χ2v) is 6.22. The Labute approximate surface area is 156 Å². The topological polar surface area (TPSA) is 101 Å². The molecule has 3 rings (SSSR count). The highest BCUT2D eigenvalue weighted by Gasteiger charge is 2.34. The van der Waals surface area contributed by atoms with Crippen molar-refractivity contribution in [2.24, 2.45) is 0 Å². The van der Waals surface area contributed by atoms with Gasteiger partial charge in [-0.25, -0.2) is 0 Å². The molecular weight excluding hydrogens is 348 g/mol. The van der Waals surface area contributed by atoms with Crippen LogP contribution in [0.3, 0.4) is 0 Å². The molecule has 8 heteroatoms. The number of carbonyl (C=O) groups excluding carboxylic acids is 3. The van der Waals surface area contributed by atoms with E-state index >= 15 is 0 Å². The summed E-state index contributed by atoms with van der Waals surface area (Å²) in [6.45, 7) is 3.70. The van der Waals surface area contributed by atoms with Gasteiger partial charge < -0.3 is 10.1 Å². The number of hydrogen-bond acceptors (Lipinski definition) is 6. The van der Waals surface area contributed by atoms with Crippen LogP contribution in [0.1, 0.15) is 44.9 Å². The minimum absolute atomic E-state index is 0.165. The van der Waals surface area contributed by atoms with Gasteiger partial charge in [-0.1, -0.05) is 12.1 Å². The number of methoxy groups -OCH3 is 1. The van der Waals surface area contributed by atoms with Crippen molar-refractivity contribution in [1.82, 2.24) is 14.9 Å². The van der Waals surface area contributed by atoms with Gasteiger partial charge in [0.15, 0.2) is 0 Å². The second kappa shape index (κ2) is 7.53. The summed E-state index contributed by atoms with van der Waals surface area (Å²) < 4.78 is 5.00. The Kier molecular flexibility index (Phi) is 5.16. The maximum absolute atomic E-state index is 12.3. The van der Waals surface area contributed by atoms with Crippen LogP contribution >= 0.6 is 0 Å². The van der Waals surface area contributed by atoms with E-state index in [0.29, 0.717) is 34.6 Å². The fourth-order valence-corrected chi connectivity index (χ4v) is 3.00. The molecule has 1 aliphatic rings. The van der Waals surface area contributed by atoms with Crippen molar-refractivity contribution in [3.63, 3.8) is 0 Å². The first kappa shape index (κ1) is 18.5. The van der Waals surface area contributed by atoms with Crippen LogP contribution in [-0.4, -0.2) is 46.2 Å². The molecule has 1 aromatic heterocycles. The Morgan fingerprint density at radius 2 is 1.63 bits per heavy atom. The van der Waals surface area contributed by atoms with Gasteiger partial charge >= 0.3 is 6.01 Å². The largest absolute Gasteiger partial charge is 0.467 e. The molecule has 0 aliphatic carbocycles. The molecular formula is C19H20N4O4. The van der Waals surface area contributed by atoms with Crippen molar-refractivity contribution in [2.45, 2.75) is 26.7 Å². The van der Waals surface area contributed by atoms with E-state index in [-0.39, 0.29) is 36.7 Å². The van der Waals surface area contributed by atoms with Gasteiger partial charge in [0.25, 0.3) is 11.8 Å². The lowest BCUT2D eigenvalue weighted by atomic mass is 10.1. The summed E-state index contributed by atoms with van der Waals surface area (Å²) in [6.07, 6.45) is 0.532. The fraction of sp³-hybridized carbons (Fsp3) is 0.316. The van der Waals surface area contributed by atoms with E-state index in [1.807, 2.05) is 0 Å².